The number of sulfone groups is 1. The fraction of sp³-hybridized carbons (Fsp3) is 0.581. The molecule has 2 fully saturated rings. The van der Waals surface area contributed by atoms with E-state index in [0.29, 0.717) is 67.4 Å². The molecule has 1 aromatic carbocycles. The number of benzene rings is 1. The van der Waals surface area contributed by atoms with Crippen LogP contribution >= 0.6 is 0 Å². The molecule has 2 aromatic heterocycles. The van der Waals surface area contributed by atoms with Gasteiger partial charge in [-0.15, -0.1) is 0 Å². The number of alkyl halides is 2. The summed E-state index contributed by atoms with van der Waals surface area (Å²) in [5.74, 6) is -2.55. The Morgan fingerprint density at radius 3 is 2.57 bits per heavy atom. The lowest BCUT2D eigenvalue weighted by Gasteiger charge is -2.41. The quantitative estimate of drug-likeness (QED) is 0.429. The van der Waals surface area contributed by atoms with Gasteiger partial charge < -0.3 is 19.9 Å². The molecule has 0 unspecified atom stereocenters. The van der Waals surface area contributed by atoms with Crippen LogP contribution in [-0.4, -0.2) is 85.3 Å². The largest absolute Gasteiger partial charge is 0.381 e. The van der Waals surface area contributed by atoms with Gasteiger partial charge in [0.05, 0.1) is 16.9 Å². The van der Waals surface area contributed by atoms with Crippen molar-refractivity contribution in [1.29, 1.82) is 0 Å². The van der Waals surface area contributed by atoms with E-state index < -0.39 is 15.8 Å². The first-order valence-corrected chi connectivity index (χ1v) is 17.3. The van der Waals surface area contributed by atoms with Crippen molar-refractivity contribution in [2.75, 3.05) is 67.7 Å². The van der Waals surface area contributed by atoms with Crippen molar-refractivity contribution in [1.82, 2.24) is 19.4 Å². The van der Waals surface area contributed by atoms with Gasteiger partial charge in [0.15, 0.2) is 9.84 Å². The average Bonchev–Trinajstić information content (AvgIpc) is 2.97. The Labute approximate surface area is 256 Å². The lowest BCUT2D eigenvalue weighted by molar-refractivity contribution is -0.0570. The number of anilines is 2. The zero-order valence-electron chi connectivity index (χ0n) is 25.1. The lowest BCUT2D eigenvalue weighted by Crippen LogP contribution is -2.48. The second kappa shape index (κ2) is 12.7. The molecule has 1 atom stereocenters. The minimum Gasteiger partial charge on any atom is -0.381 e. The normalized spacial score (nSPS) is 26.2. The first kappa shape index (κ1) is 30.8. The molecule has 1 N–H and O–H groups in total. The van der Waals surface area contributed by atoms with Gasteiger partial charge in [0.1, 0.15) is 23.5 Å². The van der Waals surface area contributed by atoms with Crippen molar-refractivity contribution in [3.8, 4) is 0 Å². The Morgan fingerprint density at radius 2 is 1.77 bits per heavy atom. The molecule has 13 heteroatoms. The highest BCUT2D eigenvalue weighted by molar-refractivity contribution is 7.91. The SMILES string of the molecule is C[C@H]1Nc2ncnc3c2cc(N2CCS(=O)(=O)CC2)c(=O)n3CCCOCCCCN2CC(C2)CC(F)(F)c2cccc1c2. The van der Waals surface area contributed by atoms with Crippen LogP contribution in [0.5, 0.6) is 0 Å². The maximum Gasteiger partial charge on any atom is 0.275 e. The van der Waals surface area contributed by atoms with E-state index in [1.165, 1.54) is 12.4 Å². The zero-order valence-corrected chi connectivity index (χ0v) is 25.9. The molecular formula is C31H40F2N6O4S. The Morgan fingerprint density at radius 1 is 1.00 bits per heavy atom. The third kappa shape index (κ3) is 6.74. The van der Waals surface area contributed by atoms with Gasteiger partial charge in [-0.3, -0.25) is 9.36 Å². The first-order valence-electron chi connectivity index (χ1n) is 15.5. The minimum absolute atomic E-state index is 0.00473. The number of ether oxygens (including phenoxy) is 1. The zero-order chi connectivity index (χ0) is 30.9. The third-order valence-corrected chi connectivity index (χ3v) is 10.6. The monoisotopic (exact) mass is 630 g/mol. The fourth-order valence-corrected chi connectivity index (χ4v) is 7.63. The molecule has 0 spiro atoms. The molecule has 238 valence electrons. The van der Waals surface area contributed by atoms with Gasteiger partial charge in [-0.1, -0.05) is 18.2 Å². The van der Waals surface area contributed by atoms with E-state index in [4.69, 9.17) is 4.74 Å². The van der Waals surface area contributed by atoms with Crippen LogP contribution in [0.25, 0.3) is 11.0 Å². The second-order valence-electron chi connectivity index (χ2n) is 12.3. The summed E-state index contributed by atoms with van der Waals surface area (Å²) in [6, 6.07) is 7.90. The number of aryl methyl sites for hydroxylation is 1. The van der Waals surface area contributed by atoms with Crippen molar-refractivity contribution >= 4 is 32.4 Å². The van der Waals surface area contributed by atoms with Gasteiger partial charge in [-0.05, 0) is 56.3 Å². The van der Waals surface area contributed by atoms with E-state index in [1.807, 2.05) is 17.9 Å². The maximum atomic E-state index is 15.4. The Bertz CT molecular complexity index is 1650. The van der Waals surface area contributed by atoms with Crippen LogP contribution in [0.15, 0.2) is 41.5 Å². The average molecular weight is 631 g/mol. The Kier molecular flexibility index (Phi) is 8.89. The molecule has 2 saturated heterocycles. The summed E-state index contributed by atoms with van der Waals surface area (Å²) in [5, 5.41) is 3.97. The number of aromatic nitrogens is 3. The number of fused-ring (bicyclic) bond motifs is 9. The number of hydrogen-bond donors (Lipinski definition) is 1. The minimum atomic E-state index is -3.15. The molecule has 0 radical (unpaired) electrons. The number of halogens is 2. The molecule has 6 heterocycles. The van der Waals surface area contributed by atoms with Crippen LogP contribution < -0.4 is 15.8 Å². The van der Waals surface area contributed by atoms with Crippen molar-refractivity contribution < 1.29 is 21.9 Å². The summed E-state index contributed by atoms with van der Waals surface area (Å²) < 4.78 is 62.6. The van der Waals surface area contributed by atoms with E-state index in [2.05, 4.69) is 20.2 Å². The standard InChI is InChI=1S/C31H40F2N6O4S/c1-22-24-6-4-7-25(16-24)31(32,33)18-23-19-37(20-23)8-2-3-12-43-13-5-9-39-29-26(28(36-22)34-21-35-29)17-27(30(39)40)38-10-14-44(41,42)15-11-38/h4,6-7,16-17,21-23H,2-3,5,8-15,18-20H2,1H3,(H,34,35,36)/t22-/m1/s1. The Hall–Kier alpha value is -3.16. The van der Waals surface area contributed by atoms with Crippen LogP contribution in [0.1, 0.15) is 49.8 Å². The number of rotatable bonds is 1. The molecule has 3 aromatic rings. The van der Waals surface area contributed by atoms with Crippen molar-refractivity contribution in [3.05, 3.63) is 58.1 Å². The predicted octanol–water partition coefficient (Wildman–Crippen LogP) is 3.81. The van der Waals surface area contributed by atoms with Gasteiger partial charge in [0.25, 0.3) is 11.5 Å². The molecular weight excluding hydrogens is 590 g/mol. The molecule has 4 aliphatic heterocycles. The summed E-state index contributed by atoms with van der Waals surface area (Å²) in [7, 11) is -3.15. The molecule has 0 saturated carbocycles. The van der Waals surface area contributed by atoms with Gasteiger partial charge >= 0.3 is 0 Å². The van der Waals surface area contributed by atoms with Crippen LogP contribution in [0.4, 0.5) is 20.3 Å². The molecule has 10 nitrogen and oxygen atoms in total. The van der Waals surface area contributed by atoms with E-state index in [9.17, 15) is 13.2 Å². The van der Waals surface area contributed by atoms with Crippen molar-refractivity contribution in [3.63, 3.8) is 0 Å². The summed E-state index contributed by atoms with van der Waals surface area (Å²) in [6.45, 7) is 6.03. The third-order valence-electron chi connectivity index (χ3n) is 8.97. The summed E-state index contributed by atoms with van der Waals surface area (Å²) in [5.41, 5.74) is 1.29. The molecule has 44 heavy (non-hydrogen) atoms. The molecule has 7 rings (SSSR count). The highest BCUT2D eigenvalue weighted by Crippen LogP contribution is 2.39. The van der Waals surface area contributed by atoms with E-state index in [-0.39, 0.29) is 54.1 Å². The fourth-order valence-electron chi connectivity index (χ4n) is 6.43. The van der Waals surface area contributed by atoms with Gasteiger partial charge in [-0.2, -0.15) is 0 Å². The Balaban J connectivity index is 1.36. The first-order chi connectivity index (χ1) is 21.1. The molecule has 0 aliphatic carbocycles. The van der Waals surface area contributed by atoms with Crippen LogP contribution in [0.2, 0.25) is 0 Å². The summed E-state index contributed by atoms with van der Waals surface area (Å²) in [4.78, 5) is 26.8. The van der Waals surface area contributed by atoms with Crippen molar-refractivity contribution in [2.45, 2.75) is 51.1 Å². The van der Waals surface area contributed by atoms with Crippen LogP contribution in [0, 0.1) is 5.92 Å². The van der Waals surface area contributed by atoms with E-state index in [1.54, 1.807) is 22.8 Å². The summed E-state index contributed by atoms with van der Waals surface area (Å²) >= 11 is 0. The highest BCUT2D eigenvalue weighted by atomic mass is 32.2. The predicted molar refractivity (Wildman–Crippen MR) is 166 cm³/mol. The van der Waals surface area contributed by atoms with Crippen molar-refractivity contribution in [2.24, 2.45) is 5.92 Å². The van der Waals surface area contributed by atoms with Gasteiger partial charge in [0, 0.05) is 64.0 Å². The topological polar surface area (TPSA) is 110 Å². The smallest absolute Gasteiger partial charge is 0.275 e. The van der Waals surface area contributed by atoms with E-state index in [0.717, 1.165) is 19.4 Å². The summed E-state index contributed by atoms with van der Waals surface area (Å²) in [6.07, 6.45) is 3.63. The maximum absolute atomic E-state index is 15.4. The second-order valence-corrected chi connectivity index (χ2v) is 14.6. The van der Waals surface area contributed by atoms with Crippen LogP contribution in [0.3, 0.4) is 0 Å². The number of pyridine rings is 1. The van der Waals surface area contributed by atoms with Crippen LogP contribution in [-0.2, 0) is 27.0 Å². The van der Waals surface area contributed by atoms with Gasteiger partial charge in [-0.25, -0.2) is 27.2 Å². The van der Waals surface area contributed by atoms with Gasteiger partial charge in [0.2, 0.25) is 0 Å². The number of nitrogens with zero attached hydrogens (tertiary/aromatic N) is 5. The number of nitrogens with one attached hydrogen (secondary N) is 1. The molecule has 8 bridgehead atoms. The number of hydrogen-bond acceptors (Lipinski definition) is 9. The van der Waals surface area contributed by atoms with E-state index >= 15 is 8.78 Å². The lowest BCUT2D eigenvalue weighted by atomic mass is 9.89. The molecule has 4 aliphatic rings. The molecule has 0 amide bonds. The highest BCUT2D eigenvalue weighted by Gasteiger charge is 2.39.